The summed E-state index contributed by atoms with van der Waals surface area (Å²) in [6.45, 7) is 3.66. The van der Waals surface area contributed by atoms with Crippen molar-refractivity contribution in [2.45, 2.75) is 107 Å². The molecule has 8 rings (SSSR count). The van der Waals surface area contributed by atoms with Gasteiger partial charge in [0.15, 0.2) is 11.4 Å². The van der Waals surface area contributed by atoms with Gasteiger partial charge in [-0.15, -0.1) is 0 Å². The predicted octanol–water partition coefficient (Wildman–Crippen LogP) is 5.25. The van der Waals surface area contributed by atoms with Crippen LogP contribution in [0.25, 0.3) is 10.8 Å². The Balaban J connectivity index is 1.11. The van der Waals surface area contributed by atoms with E-state index in [9.17, 15) is 27.2 Å². The van der Waals surface area contributed by atoms with Gasteiger partial charge >= 0.3 is 5.97 Å². The van der Waals surface area contributed by atoms with Gasteiger partial charge in [0.2, 0.25) is 27.7 Å². The van der Waals surface area contributed by atoms with Crippen molar-refractivity contribution >= 4 is 44.4 Å². The third-order valence-corrected chi connectivity index (χ3v) is 15.9. The molecule has 0 bridgehead atoms. The van der Waals surface area contributed by atoms with E-state index >= 15 is 4.79 Å². The first-order chi connectivity index (χ1) is 27.7. The van der Waals surface area contributed by atoms with Crippen molar-refractivity contribution in [2.75, 3.05) is 33.5 Å². The van der Waals surface area contributed by atoms with Gasteiger partial charge in [-0.05, 0) is 75.2 Å². The number of halogens is 1. The van der Waals surface area contributed by atoms with E-state index in [1.54, 1.807) is 13.3 Å². The Kier molecular flexibility index (Phi) is 10.9. The number of benzene rings is 1. The lowest BCUT2D eigenvalue weighted by Crippen LogP contribution is -2.55. The maximum absolute atomic E-state index is 15.0. The Morgan fingerprint density at radius 3 is 2.47 bits per heavy atom. The van der Waals surface area contributed by atoms with Crippen LogP contribution in [0.4, 0.5) is 4.39 Å². The molecule has 5 fully saturated rings. The van der Waals surface area contributed by atoms with Gasteiger partial charge in [0.25, 0.3) is 0 Å². The molecule has 15 heteroatoms. The smallest absolute Gasteiger partial charge is 0.307 e. The van der Waals surface area contributed by atoms with Crippen molar-refractivity contribution in [3.8, 4) is 11.6 Å². The molecule has 1 N–H and O–H groups in total. The van der Waals surface area contributed by atoms with Gasteiger partial charge in [0, 0.05) is 29.5 Å². The van der Waals surface area contributed by atoms with Crippen molar-refractivity contribution in [3.05, 3.63) is 42.6 Å². The SMILES string of the molecule is COc1cnc(O[C@@H]2C[C@H]3C(=O)C[C@]4(C(=O)NS(=O)(=O)C5(CF)CC5)C[C@H]4/C=C\CC[C@H](C)C[C@@H](C)[C@H](CC(=O)OC4(C5CC5)COC4)C(=O)N3C2)c2ccccc12. The quantitative estimate of drug-likeness (QED) is 0.232. The van der Waals surface area contributed by atoms with E-state index in [4.69, 9.17) is 18.9 Å². The van der Waals surface area contributed by atoms with Gasteiger partial charge < -0.3 is 23.8 Å². The van der Waals surface area contributed by atoms with Gasteiger partial charge in [-0.2, -0.15) is 0 Å². The Hall–Kier alpha value is -4.11. The second-order valence-electron chi connectivity index (χ2n) is 18.0. The zero-order valence-corrected chi connectivity index (χ0v) is 34.3. The third-order valence-electron chi connectivity index (χ3n) is 13.8. The molecular weight excluding hydrogens is 770 g/mol. The maximum Gasteiger partial charge on any atom is 0.307 e. The van der Waals surface area contributed by atoms with E-state index in [0.717, 1.165) is 24.6 Å². The Bertz CT molecular complexity index is 2100. The molecule has 0 unspecified atom stereocenters. The first-order valence-corrected chi connectivity index (χ1v) is 22.2. The van der Waals surface area contributed by atoms with Crippen LogP contribution >= 0.6 is 0 Å². The van der Waals surface area contributed by atoms with Crippen molar-refractivity contribution in [3.63, 3.8) is 0 Å². The molecule has 3 aliphatic heterocycles. The summed E-state index contributed by atoms with van der Waals surface area (Å²) in [7, 11) is -2.79. The van der Waals surface area contributed by atoms with Crippen molar-refractivity contribution in [1.82, 2.24) is 14.6 Å². The largest absolute Gasteiger partial charge is 0.494 e. The van der Waals surface area contributed by atoms with Gasteiger partial charge in [-0.25, -0.2) is 17.8 Å². The van der Waals surface area contributed by atoms with Crippen LogP contribution in [-0.4, -0.2) is 97.9 Å². The molecule has 1 aromatic carbocycles. The lowest BCUT2D eigenvalue weighted by Gasteiger charge is -2.41. The molecule has 7 atom stereocenters. The molecule has 2 amide bonds. The lowest BCUT2D eigenvalue weighted by atomic mass is 9.82. The van der Waals surface area contributed by atoms with E-state index in [1.165, 1.54) is 4.90 Å². The molecule has 13 nitrogen and oxygen atoms in total. The Labute approximate surface area is 338 Å². The highest BCUT2D eigenvalue weighted by Gasteiger charge is 2.64. The number of nitrogens with zero attached hydrogens (tertiary/aromatic N) is 2. The van der Waals surface area contributed by atoms with E-state index in [-0.39, 0.29) is 68.7 Å². The number of fused-ring (bicyclic) bond motifs is 3. The minimum absolute atomic E-state index is 0.0148. The maximum atomic E-state index is 15.0. The molecule has 6 aliphatic rings. The Morgan fingerprint density at radius 1 is 1.07 bits per heavy atom. The predicted molar refractivity (Wildman–Crippen MR) is 210 cm³/mol. The number of alkyl halides is 1. The van der Waals surface area contributed by atoms with Crippen LogP contribution < -0.4 is 14.2 Å². The normalized spacial score (nSPS) is 32.4. The highest BCUT2D eigenvalue weighted by Crippen LogP contribution is 2.58. The van der Waals surface area contributed by atoms with E-state index in [2.05, 4.69) is 16.6 Å². The summed E-state index contributed by atoms with van der Waals surface area (Å²) in [4.78, 5) is 63.6. The number of methoxy groups -OCH3 is 1. The van der Waals surface area contributed by atoms with E-state index in [0.29, 0.717) is 43.1 Å². The summed E-state index contributed by atoms with van der Waals surface area (Å²) in [6.07, 6.45) is 8.78. The fourth-order valence-electron chi connectivity index (χ4n) is 9.53. The lowest BCUT2D eigenvalue weighted by molar-refractivity contribution is -0.222. The summed E-state index contributed by atoms with van der Waals surface area (Å²) in [5, 5.41) is 1.46. The number of hydrogen-bond donors (Lipinski definition) is 1. The standard InChI is InChI=1S/C43H54FN3O10S/c1-26-8-4-5-9-29-19-42(29,40(51)46-58(52,53)41(23-44)14-15-41)20-35(48)34-17-30(56-38-32-11-7-6-10-31(32)36(54-3)21-45-38)22-47(34)39(50)33(27(2)16-26)18-37(49)57-43(24-55-25-43)28-12-13-28/h5-7,9-11,21,26-30,33-34H,4,8,12-20,22-25H2,1-3H3,(H,46,51)/b9-5-/t26-,27+,29+,30+,33-,34-,42+/m0/s1. The second-order valence-corrected chi connectivity index (χ2v) is 20.0. The van der Waals surface area contributed by atoms with Crippen molar-refractivity contribution in [1.29, 1.82) is 0 Å². The molecule has 2 aromatic rings. The number of ketones is 1. The van der Waals surface area contributed by atoms with Crippen molar-refractivity contribution < 1.29 is 50.9 Å². The van der Waals surface area contributed by atoms with Gasteiger partial charge in [0.1, 0.15) is 23.3 Å². The third kappa shape index (κ3) is 7.61. The van der Waals surface area contributed by atoms with Gasteiger partial charge in [-0.3, -0.25) is 23.9 Å². The molecule has 0 spiro atoms. The average molecular weight is 824 g/mol. The number of ether oxygens (including phenoxy) is 4. The number of Topliss-reactive ketones (excluding diaryl/α,β-unsaturated/α-hetero) is 1. The summed E-state index contributed by atoms with van der Waals surface area (Å²) in [5.41, 5.74) is -2.05. The first kappa shape index (κ1) is 40.7. The summed E-state index contributed by atoms with van der Waals surface area (Å²) >= 11 is 0. The molecule has 58 heavy (non-hydrogen) atoms. The summed E-state index contributed by atoms with van der Waals surface area (Å²) in [6, 6.07) is 6.41. The van der Waals surface area contributed by atoms with Gasteiger partial charge in [0.05, 0.1) is 56.9 Å². The number of sulfonamides is 1. The number of pyridine rings is 1. The topological polar surface area (TPSA) is 167 Å². The number of nitrogens with one attached hydrogen (secondary N) is 1. The minimum atomic E-state index is -4.34. The number of esters is 1. The van der Waals surface area contributed by atoms with Crippen LogP contribution in [0.1, 0.15) is 84.5 Å². The highest BCUT2D eigenvalue weighted by molar-refractivity contribution is 7.91. The number of aromatic nitrogens is 1. The Morgan fingerprint density at radius 2 is 1.81 bits per heavy atom. The molecule has 3 aliphatic carbocycles. The van der Waals surface area contributed by atoms with Crippen LogP contribution in [0.15, 0.2) is 42.6 Å². The van der Waals surface area contributed by atoms with Crippen LogP contribution in [0.3, 0.4) is 0 Å². The molecular formula is C43H54FN3O10S. The molecule has 2 saturated heterocycles. The minimum Gasteiger partial charge on any atom is -0.494 e. The highest BCUT2D eigenvalue weighted by atomic mass is 32.2. The number of carbonyl (C=O) groups is 4. The fourth-order valence-corrected chi connectivity index (χ4v) is 11.0. The summed E-state index contributed by atoms with van der Waals surface area (Å²) < 4.78 is 64.6. The second kappa shape index (κ2) is 15.5. The molecule has 314 valence electrons. The monoisotopic (exact) mass is 823 g/mol. The fraction of sp³-hybridized carbons (Fsp3) is 0.651. The zero-order valence-electron chi connectivity index (χ0n) is 33.5. The van der Waals surface area contributed by atoms with Crippen LogP contribution in [-0.2, 0) is 38.7 Å². The number of hydrogen-bond acceptors (Lipinski definition) is 11. The van der Waals surface area contributed by atoms with E-state index < -0.39 is 74.1 Å². The molecule has 0 radical (unpaired) electrons. The molecule has 1 aromatic heterocycles. The van der Waals surface area contributed by atoms with E-state index in [1.807, 2.05) is 43.3 Å². The van der Waals surface area contributed by atoms with Crippen LogP contribution in [0.5, 0.6) is 11.6 Å². The van der Waals surface area contributed by atoms with Crippen LogP contribution in [0, 0.1) is 35.0 Å². The molecule has 3 saturated carbocycles. The number of rotatable bonds is 11. The number of amides is 2. The van der Waals surface area contributed by atoms with Gasteiger partial charge in [-0.1, -0.05) is 44.2 Å². The number of carbonyl (C=O) groups excluding carboxylic acids is 4. The summed E-state index contributed by atoms with van der Waals surface area (Å²) in [5.74, 6) is -2.30. The number of allylic oxidation sites excluding steroid dienone is 2. The average Bonchev–Trinajstić information content (AvgIpc) is 4.10. The first-order valence-electron chi connectivity index (χ1n) is 20.7. The van der Waals surface area contributed by atoms with Crippen LogP contribution in [0.2, 0.25) is 0 Å². The zero-order chi connectivity index (χ0) is 41.0. The van der Waals surface area contributed by atoms with Crippen molar-refractivity contribution in [2.24, 2.45) is 35.0 Å². The molecule has 4 heterocycles.